The summed E-state index contributed by atoms with van der Waals surface area (Å²) in [5.74, 6) is 3.02. The van der Waals surface area contributed by atoms with Crippen LogP contribution in [0, 0.1) is 10.1 Å². The molecule has 0 aromatic heterocycles. The van der Waals surface area contributed by atoms with Gasteiger partial charge in [-0.25, -0.2) is 0 Å². The maximum absolute atomic E-state index is 11.7. The minimum atomic E-state index is -0.412. The van der Waals surface area contributed by atoms with E-state index in [0.29, 0.717) is 36.6 Å². The number of methoxy groups -OCH3 is 4. The first-order chi connectivity index (χ1) is 18.4. The van der Waals surface area contributed by atoms with Crippen LogP contribution in [0.2, 0.25) is 0 Å². The Balaban J connectivity index is 1.78. The van der Waals surface area contributed by atoms with E-state index in [1.165, 1.54) is 6.07 Å². The van der Waals surface area contributed by atoms with E-state index < -0.39 is 11.2 Å². The Morgan fingerprint density at radius 2 is 1.63 bits per heavy atom. The van der Waals surface area contributed by atoms with E-state index in [1.54, 1.807) is 46.6 Å². The summed E-state index contributed by atoms with van der Waals surface area (Å²) in [5.41, 5.74) is 3.21. The SMILES string of the molecule is CCC(Oc1ccccc1[N+](=O)[O-])N1CCc2cc(OC)c(OC)cc2C1Cc1ccc(OC)cc1OC. The minimum Gasteiger partial charge on any atom is -0.497 e. The maximum Gasteiger partial charge on any atom is 0.310 e. The first kappa shape index (κ1) is 27.1. The summed E-state index contributed by atoms with van der Waals surface area (Å²) in [6.07, 6.45) is 1.62. The van der Waals surface area contributed by atoms with E-state index in [0.717, 1.165) is 28.9 Å². The van der Waals surface area contributed by atoms with Crippen molar-refractivity contribution in [2.75, 3.05) is 35.0 Å². The van der Waals surface area contributed by atoms with Gasteiger partial charge >= 0.3 is 5.69 Å². The third kappa shape index (κ3) is 5.47. The molecule has 0 spiro atoms. The molecule has 38 heavy (non-hydrogen) atoms. The van der Waals surface area contributed by atoms with E-state index in [2.05, 4.69) is 4.90 Å². The number of benzene rings is 3. The summed E-state index contributed by atoms with van der Waals surface area (Å²) in [7, 11) is 6.52. The number of rotatable bonds is 11. The molecule has 3 aromatic carbocycles. The summed E-state index contributed by atoms with van der Waals surface area (Å²) in [4.78, 5) is 13.5. The smallest absolute Gasteiger partial charge is 0.310 e. The molecule has 9 heteroatoms. The van der Waals surface area contributed by atoms with E-state index in [9.17, 15) is 10.1 Å². The lowest BCUT2D eigenvalue weighted by Crippen LogP contribution is -2.46. The number of hydrogen-bond donors (Lipinski definition) is 0. The molecule has 0 bridgehead atoms. The third-order valence-corrected chi connectivity index (χ3v) is 7.00. The van der Waals surface area contributed by atoms with Gasteiger partial charge in [0.1, 0.15) is 11.5 Å². The van der Waals surface area contributed by atoms with Crippen LogP contribution in [-0.2, 0) is 12.8 Å². The molecular formula is C29H34N2O7. The quantitative estimate of drug-likeness (QED) is 0.238. The summed E-state index contributed by atoms with van der Waals surface area (Å²) in [5, 5.41) is 11.7. The van der Waals surface area contributed by atoms with Crippen molar-refractivity contribution in [1.29, 1.82) is 0 Å². The average Bonchev–Trinajstić information content (AvgIpc) is 2.95. The standard InChI is InChI=1S/C29H34N2O7/c1-6-29(38-25-10-8-7-9-23(25)31(32)33)30-14-13-19-16-27(36-4)28(37-5)18-22(19)24(30)15-20-11-12-21(34-2)17-26(20)35-3/h7-12,16-18,24,29H,6,13-15H2,1-5H3. The number of para-hydroxylation sites is 2. The molecule has 3 aromatic rings. The molecule has 2 unspecified atom stereocenters. The van der Waals surface area contributed by atoms with Crippen molar-refractivity contribution < 1.29 is 28.6 Å². The highest BCUT2D eigenvalue weighted by molar-refractivity contribution is 5.51. The molecule has 0 saturated carbocycles. The van der Waals surface area contributed by atoms with Crippen LogP contribution in [0.3, 0.4) is 0 Å². The predicted octanol–water partition coefficient (Wildman–Crippen LogP) is 5.59. The van der Waals surface area contributed by atoms with Crippen molar-refractivity contribution >= 4 is 5.69 Å². The van der Waals surface area contributed by atoms with Gasteiger partial charge in [0.25, 0.3) is 0 Å². The van der Waals surface area contributed by atoms with E-state index in [4.69, 9.17) is 23.7 Å². The lowest BCUT2D eigenvalue weighted by molar-refractivity contribution is -0.386. The number of nitro groups is 1. The third-order valence-electron chi connectivity index (χ3n) is 7.00. The molecule has 0 radical (unpaired) electrons. The monoisotopic (exact) mass is 522 g/mol. The van der Waals surface area contributed by atoms with E-state index >= 15 is 0 Å². The Morgan fingerprint density at radius 1 is 0.921 bits per heavy atom. The van der Waals surface area contributed by atoms with Crippen molar-refractivity contribution in [3.8, 4) is 28.7 Å². The van der Waals surface area contributed by atoms with Crippen molar-refractivity contribution in [3.05, 3.63) is 81.4 Å². The highest BCUT2D eigenvalue weighted by Crippen LogP contribution is 2.42. The average molecular weight is 523 g/mol. The van der Waals surface area contributed by atoms with Crippen LogP contribution in [0.5, 0.6) is 28.7 Å². The summed E-state index contributed by atoms with van der Waals surface area (Å²) in [6.45, 7) is 2.72. The number of ether oxygens (including phenoxy) is 5. The Kier molecular flexibility index (Phi) is 8.58. The molecule has 202 valence electrons. The van der Waals surface area contributed by atoms with Gasteiger partial charge in [-0.2, -0.15) is 0 Å². The fourth-order valence-electron chi connectivity index (χ4n) is 5.09. The van der Waals surface area contributed by atoms with E-state index in [1.807, 2.05) is 37.3 Å². The topological polar surface area (TPSA) is 92.5 Å². The molecule has 9 nitrogen and oxygen atoms in total. The maximum atomic E-state index is 11.7. The minimum absolute atomic E-state index is 0.0526. The number of nitro benzene ring substituents is 1. The van der Waals surface area contributed by atoms with Crippen LogP contribution in [0.25, 0.3) is 0 Å². The van der Waals surface area contributed by atoms with Gasteiger partial charge in [0, 0.05) is 24.7 Å². The molecule has 1 heterocycles. The van der Waals surface area contributed by atoms with Gasteiger partial charge in [0.05, 0.1) is 33.4 Å². The fourth-order valence-corrected chi connectivity index (χ4v) is 5.09. The molecule has 0 aliphatic carbocycles. The van der Waals surface area contributed by atoms with Gasteiger partial charge in [0.15, 0.2) is 23.5 Å². The van der Waals surface area contributed by atoms with Gasteiger partial charge in [-0.3, -0.25) is 15.0 Å². The first-order valence-electron chi connectivity index (χ1n) is 12.6. The van der Waals surface area contributed by atoms with Crippen molar-refractivity contribution in [2.45, 2.75) is 38.5 Å². The van der Waals surface area contributed by atoms with Crippen LogP contribution in [-0.4, -0.2) is 51.0 Å². The molecule has 1 aliphatic heterocycles. The molecule has 0 N–H and O–H groups in total. The number of fused-ring (bicyclic) bond motifs is 1. The summed E-state index contributed by atoms with van der Waals surface area (Å²) in [6, 6.07) is 16.2. The number of nitrogens with zero attached hydrogens (tertiary/aromatic N) is 2. The normalized spacial score (nSPS) is 15.8. The zero-order valence-corrected chi connectivity index (χ0v) is 22.4. The molecule has 0 saturated heterocycles. The summed E-state index contributed by atoms with van der Waals surface area (Å²) < 4.78 is 28.7. The summed E-state index contributed by atoms with van der Waals surface area (Å²) >= 11 is 0. The lowest BCUT2D eigenvalue weighted by Gasteiger charge is -2.42. The Morgan fingerprint density at radius 3 is 2.29 bits per heavy atom. The molecule has 0 fully saturated rings. The fraction of sp³-hybridized carbons (Fsp3) is 0.379. The van der Waals surface area contributed by atoms with Gasteiger partial charge in [-0.05, 0) is 60.2 Å². The zero-order chi connectivity index (χ0) is 27.2. The molecule has 2 atom stereocenters. The van der Waals surface area contributed by atoms with Gasteiger partial charge in [-0.15, -0.1) is 0 Å². The largest absolute Gasteiger partial charge is 0.497 e. The molecule has 0 amide bonds. The van der Waals surface area contributed by atoms with Crippen LogP contribution in [0.4, 0.5) is 5.69 Å². The number of hydrogen-bond acceptors (Lipinski definition) is 8. The van der Waals surface area contributed by atoms with Gasteiger partial charge < -0.3 is 23.7 Å². The molecule has 4 rings (SSSR count). The van der Waals surface area contributed by atoms with Crippen molar-refractivity contribution in [1.82, 2.24) is 4.90 Å². The van der Waals surface area contributed by atoms with E-state index in [-0.39, 0.29) is 17.5 Å². The zero-order valence-electron chi connectivity index (χ0n) is 22.4. The lowest BCUT2D eigenvalue weighted by atomic mass is 9.87. The molecular weight excluding hydrogens is 488 g/mol. The highest BCUT2D eigenvalue weighted by Gasteiger charge is 2.35. The van der Waals surface area contributed by atoms with Crippen LogP contribution in [0.1, 0.15) is 36.1 Å². The second-order valence-electron chi connectivity index (χ2n) is 9.00. The highest BCUT2D eigenvalue weighted by atomic mass is 16.6. The van der Waals surface area contributed by atoms with Crippen molar-refractivity contribution in [3.63, 3.8) is 0 Å². The van der Waals surface area contributed by atoms with Crippen LogP contribution in [0.15, 0.2) is 54.6 Å². The van der Waals surface area contributed by atoms with Crippen LogP contribution >= 0.6 is 0 Å². The Hall–Kier alpha value is -3.98. The van der Waals surface area contributed by atoms with Gasteiger partial charge in [0.2, 0.25) is 0 Å². The first-order valence-corrected chi connectivity index (χ1v) is 12.6. The molecule has 1 aliphatic rings. The Labute approximate surface area is 223 Å². The van der Waals surface area contributed by atoms with Gasteiger partial charge in [-0.1, -0.05) is 25.1 Å². The predicted molar refractivity (Wildman–Crippen MR) is 144 cm³/mol. The Bertz CT molecular complexity index is 1280. The second kappa shape index (κ2) is 12.0. The van der Waals surface area contributed by atoms with Crippen molar-refractivity contribution in [2.24, 2.45) is 0 Å². The van der Waals surface area contributed by atoms with Crippen LogP contribution < -0.4 is 23.7 Å². The second-order valence-corrected chi connectivity index (χ2v) is 9.00.